The van der Waals surface area contributed by atoms with Crippen molar-refractivity contribution in [2.24, 2.45) is 0 Å². The lowest BCUT2D eigenvalue weighted by molar-refractivity contribution is 0.0935. The van der Waals surface area contributed by atoms with Crippen molar-refractivity contribution in [1.82, 2.24) is 10.2 Å². The third-order valence-corrected chi connectivity index (χ3v) is 3.19. The summed E-state index contributed by atoms with van der Waals surface area (Å²) < 4.78 is 0. The van der Waals surface area contributed by atoms with Crippen molar-refractivity contribution in [3.8, 4) is 0 Å². The molecule has 1 fully saturated rings. The van der Waals surface area contributed by atoms with Crippen LogP contribution in [0.4, 0.5) is 4.79 Å². The van der Waals surface area contributed by atoms with E-state index >= 15 is 0 Å². The quantitative estimate of drug-likeness (QED) is 0.834. The summed E-state index contributed by atoms with van der Waals surface area (Å²) >= 11 is 0. The first-order valence-electron chi connectivity index (χ1n) is 5.93. The Balaban J connectivity index is 1.96. The summed E-state index contributed by atoms with van der Waals surface area (Å²) in [6.45, 7) is 2.21. The van der Waals surface area contributed by atoms with Gasteiger partial charge < -0.3 is 15.3 Å². The van der Waals surface area contributed by atoms with E-state index in [1.807, 2.05) is 13.0 Å². The number of amides is 2. The first-order chi connectivity index (χ1) is 8.58. The number of carbonyl (C=O) groups excluding carboxylic acids is 1. The molecule has 2 rings (SSSR count). The molecule has 1 unspecified atom stereocenters. The maximum absolute atomic E-state index is 11.9. The number of carbonyl (C=O) groups is 2. The smallest absolute Gasteiger partial charge is 0.407 e. The Kier molecular flexibility index (Phi) is 3.50. The first-order valence-corrected chi connectivity index (χ1v) is 5.93. The molecule has 2 N–H and O–H groups in total. The molecule has 1 aliphatic heterocycles. The lowest BCUT2D eigenvalue weighted by Gasteiger charge is -2.16. The van der Waals surface area contributed by atoms with E-state index in [1.54, 1.807) is 24.3 Å². The molecule has 1 aromatic carbocycles. The molecule has 96 valence electrons. The van der Waals surface area contributed by atoms with E-state index in [9.17, 15) is 9.59 Å². The minimum Gasteiger partial charge on any atom is -0.465 e. The molecule has 1 saturated heterocycles. The van der Waals surface area contributed by atoms with Gasteiger partial charge in [0, 0.05) is 24.2 Å². The monoisotopic (exact) mass is 248 g/mol. The zero-order valence-corrected chi connectivity index (χ0v) is 10.2. The summed E-state index contributed by atoms with van der Waals surface area (Å²) in [5, 5.41) is 11.8. The second kappa shape index (κ2) is 5.08. The molecule has 1 aromatic rings. The summed E-state index contributed by atoms with van der Waals surface area (Å²) in [7, 11) is 0. The molecule has 0 aromatic heterocycles. The highest BCUT2D eigenvalue weighted by Crippen LogP contribution is 2.17. The van der Waals surface area contributed by atoms with Crippen LogP contribution in [0.5, 0.6) is 0 Å². The lowest BCUT2D eigenvalue weighted by Crippen LogP contribution is -2.38. The van der Waals surface area contributed by atoms with E-state index in [0.29, 0.717) is 18.5 Å². The highest BCUT2D eigenvalue weighted by Gasteiger charge is 2.33. The summed E-state index contributed by atoms with van der Waals surface area (Å²) in [4.78, 5) is 24.2. The van der Waals surface area contributed by atoms with E-state index in [1.165, 1.54) is 4.90 Å². The SMILES string of the molecule is C[C@H]1CC(NC(=O)c2ccccc2)CN1C(=O)O. The molecule has 1 aliphatic rings. The Morgan fingerprint density at radius 3 is 2.56 bits per heavy atom. The molecule has 1 heterocycles. The van der Waals surface area contributed by atoms with Crippen molar-refractivity contribution in [1.29, 1.82) is 0 Å². The minimum atomic E-state index is -0.932. The normalized spacial score (nSPS) is 22.8. The Bertz CT molecular complexity index is 447. The predicted molar refractivity (Wildman–Crippen MR) is 66.5 cm³/mol. The molecule has 0 spiro atoms. The van der Waals surface area contributed by atoms with Crippen molar-refractivity contribution in [2.75, 3.05) is 6.54 Å². The van der Waals surface area contributed by atoms with Crippen molar-refractivity contribution in [3.63, 3.8) is 0 Å². The Hall–Kier alpha value is -2.04. The molecule has 18 heavy (non-hydrogen) atoms. The number of benzene rings is 1. The maximum atomic E-state index is 11.9. The van der Waals surface area contributed by atoms with Gasteiger partial charge in [-0.05, 0) is 25.5 Å². The van der Waals surface area contributed by atoms with Crippen molar-refractivity contribution in [3.05, 3.63) is 35.9 Å². The summed E-state index contributed by atoms with van der Waals surface area (Å²) in [6, 6.07) is 8.77. The zero-order chi connectivity index (χ0) is 13.1. The first kappa shape index (κ1) is 12.4. The fourth-order valence-electron chi connectivity index (χ4n) is 2.26. The summed E-state index contributed by atoms with van der Waals surface area (Å²) in [5.74, 6) is -0.153. The van der Waals surface area contributed by atoms with Crippen LogP contribution in [0.1, 0.15) is 23.7 Å². The van der Waals surface area contributed by atoms with Crippen LogP contribution in [0.25, 0.3) is 0 Å². The van der Waals surface area contributed by atoms with Gasteiger partial charge in [0.15, 0.2) is 0 Å². The third-order valence-electron chi connectivity index (χ3n) is 3.19. The molecular weight excluding hydrogens is 232 g/mol. The van der Waals surface area contributed by atoms with Gasteiger partial charge in [0.2, 0.25) is 0 Å². The molecule has 0 radical (unpaired) electrons. The van der Waals surface area contributed by atoms with Crippen LogP contribution in [0.15, 0.2) is 30.3 Å². The zero-order valence-electron chi connectivity index (χ0n) is 10.2. The number of likely N-dealkylation sites (tertiary alicyclic amines) is 1. The Labute approximate surface area is 105 Å². The van der Waals surface area contributed by atoms with Gasteiger partial charge in [-0.2, -0.15) is 0 Å². The Morgan fingerprint density at radius 1 is 1.33 bits per heavy atom. The topological polar surface area (TPSA) is 69.6 Å². The molecule has 5 nitrogen and oxygen atoms in total. The van der Waals surface area contributed by atoms with Crippen LogP contribution in [0.3, 0.4) is 0 Å². The number of nitrogens with zero attached hydrogens (tertiary/aromatic N) is 1. The molecule has 2 atom stereocenters. The van der Waals surface area contributed by atoms with E-state index in [-0.39, 0.29) is 18.0 Å². The maximum Gasteiger partial charge on any atom is 0.407 e. The second-order valence-electron chi connectivity index (χ2n) is 4.56. The van der Waals surface area contributed by atoms with E-state index in [4.69, 9.17) is 5.11 Å². The predicted octanol–water partition coefficient (Wildman–Crippen LogP) is 1.56. The van der Waals surface area contributed by atoms with Gasteiger partial charge in [0.1, 0.15) is 0 Å². The van der Waals surface area contributed by atoms with Crippen molar-refractivity contribution < 1.29 is 14.7 Å². The van der Waals surface area contributed by atoms with Crippen molar-refractivity contribution >= 4 is 12.0 Å². The number of rotatable bonds is 2. The average Bonchev–Trinajstić information content (AvgIpc) is 2.71. The average molecular weight is 248 g/mol. The van der Waals surface area contributed by atoms with Crippen LogP contribution >= 0.6 is 0 Å². The second-order valence-corrected chi connectivity index (χ2v) is 4.56. The third kappa shape index (κ3) is 2.61. The van der Waals surface area contributed by atoms with Crippen LogP contribution in [-0.2, 0) is 0 Å². The fraction of sp³-hybridized carbons (Fsp3) is 0.385. The molecule has 0 saturated carbocycles. The molecule has 0 bridgehead atoms. The highest BCUT2D eigenvalue weighted by molar-refractivity contribution is 5.94. The van der Waals surface area contributed by atoms with Gasteiger partial charge in [-0.3, -0.25) is 4.79 Å². The molecular formula is C13H16N2O3. The van der Waals surface area contributed by atoms with E-state index in [2.05, 4.69) is 5.32 Å². The van der Waals surface area contributed by atoms with E-state index < -0.39 is 6.09 Å². The van der Waals surface area contributed by atoms with E-state index in [0.717, 1.165) is 0 Å². The summed E-state index contributed by atoms with van der Waals surface area (Å²) in [6.07, 6.45) is -0.274. The van der Waals surface area contributed by atoms with Gasteiger partial charge in [0.25, 0.3) is 5.91 Å². The van der Waals surface area contributed by atoms with Gasteiger partial charge in [0.05, 0.1) is 0 Å². The van der Waals surface area contributed by atoms with Crippen LogP contribution in [0.2, 0.25) is 0 Å². The summed E-state index contributed by atoms with van der Waals surface area (Å²) in [5.41, 5.74) is 0.596. The number of hydrogen-bond acceptors (Lipinski definition) is 2. The van der Waals surface area contributed by atoms with Crippen molar-refractivity contribution in [2.45, 2.75) is 25.4 Å². The van der Waals surface area contributed by atoms with Gasteiger partial charge in [-0.15, -0.1) is 0 Å². The standard InChI is InChI=1S/C13H16N2O3/c1-9-7-11(8-15(9)13(17)18)14-12(16)10-5-3-2-4-6-10/h2-6,9,11H,7-8H2,1H3,(H,14,16)(H,17,18)/t9-,11?/m0/s1. The van der Waals surface area contributed by atoms with Crippen LogP contribution in [0, 0.1) is 0 Å². The van der Waals surface area contributed by atoms with Gasteiger partial charge in [-0.1, -0.05) is 18.2 Å². The molecule has 5 heteroatoms. The lowest BCUT2D eigenvalue weighted by atomic mass is 10.1. The fourth-order valence-corrected chi connectivity index (χ4v) is 2.26. The number of nitrogens with one attached hydrogen (secondary N) is 1. The molecule has 0 aliphatic carbocycles. The number of hydrogen-bond donors (Lipinski definition) is 2. The Morgan fingerprint density at radius 2 is 2.00 bits per heavy atom. The van der Waals surface area contributed by atoms with Gasteiger partial charge in [-0.25, -0.2) is 4.79 Å². The van der Waals surface area contributed by atoms with Crippen LogP contribution < -0.4 is 5.32 Å². The molecule has 2 amide bonds. The number of carboxylic acid groups (broad SMARTS) is 1. The van der Waals surface area contributed by atoms with Crippen LogP contribution in [-0.4, -0.2) is 40.6 Å². The van der Waals surface area contributed by atoms with Gasteiger partial charge >= 0.3 is 6.09 Å². The highest BCUT2D eigenvalue weighted by atomic mass is 16.4. The largest absolute Gasteiger partial charge is 0.465 e. The minimum absolute atomic E-state index is 0.0522.